The van der Waals surface area contributed by atoms with Gasteiger partial charge in [0, 0.05) is 13.3 Å². The number of hydrogen-bond acceptors (Lipinski definition) is 3. The molecule has 2 unspecified atom stereocenters. The van der Waals surface area contributed by atoms with Crippen LogP contribution in [0.2, 0.25) is 0 Å². The normalized spacial score (nSPS) is 19.5. The number of aliphatic carboxylic acids is 1. The van der Waals surface area contributed by atoms with Crippen molar-refractivity contribution in [3.05, 3.63) is 24.6 Å². The second-order valence-corrected chi connectivity index (χ2v) is 8.75. The molecule has 0 fully saturated rings. The Balaban J connectivity index is 2.02. The van der Waals surface area contributed by atoms with Crippen LogP contribution in [0.3, 0.4) is 0 Å². The first-order chi connectivity index (χ1) is 14.5. The fraction of sp³-hybridized carbons (Fsp3) is 0.760. The topological polar surface area (TPSA) is 75.7 Å². The van der Waals surface area contributed by atoms with Crippen molar-refractivity contribution in [2.75, 3.05) is 6.54 Å². The number of nitrogens with zero attached hydrogens (tertiary/aromatic N) is 2. The smallest absolute Gasteiger partial charge is 0.360 e. The number of amidine groups is 1. The van der Waals surface area contributed by atoms with E-state index in [0.717, 1.165) is 25.1 Å². The zero-order valence-electron chi connectivity index (χ0n) is 19.5. The predicted molar refractivity (Wildman–Crippen MR) is 127 cm³/mol. The molecule has 1 rings (SSSR count). The van der Waals surface area contributed by atoms with E-state index in [9.17, 15) is 9.90 Å². The van der Waals surface area contributed by atoms with Gasteiger partial charge in [-0.2, -0.15) is 0 Å². The van der Waals surface area contributed by atoms with Crippen molar-refractivity contribution < 1.29 is 14.4 Å². The minimum Gasteiger partial charge on any atom is -0.477 e. The first kappa shape index (κ1) is 26.6. The van der Waals surface area contributed by atoms with Gasteiger partial charge in [-0.1, -0.05) is 76.9 Å². The maximum Gasteiger partial charge on any atom is 0.360 e. The molecule has 172 valence electrons. The first-order valence-electron chi connectivity index (χ1n) is 12.3. The number of unbranched alkanes of at least 4 members (excludes halogenated alkanes) is 12. The van der Waals surface area contributed by atoms with Gasteiger partial charge in [-0.3, -0.25) is 5.73 Å². The highest BCUT2D eigenvalue weighted by atomic mass is 16.4. The van der Waals surface area contributed by atoms with Crippen LogP contribution >= 0.6 is 0 Å². The van der Waals surface area contributed by atoms with Crippen molar-refractivity contribution in [3.63, 3.8) is 0 Å². The van der Waals surface area contributed by atoms with Gasteiger partial charge in [-0.15, -0.1) is 0 Å². The molecule has 0 spiro atoms. The van der Waals surface area contributed by atoms with Crippen molar-refractivity contribution in [2.24, 2.45) is 10.7 Å². The second kappa shape index (κ2) is 16.3. The Morgan fingerprint density at radius 2 is 1.53 bits per heavy atom. The van der Waals surface area contributed by atoms with E-state index in [0.29, 0.717) is 0 Å². The zero-order valence-corrected chi connectivity index (χ0v) is 19.5. The summed E-state index contributed by atoms with van der Waals surface area (Å²) in [5.41, 5.74) is 6.10. The molecule has 5 heteroatoms. The fourth-order valence-corrected chi connectivity index (χ4v) is 4.12. The molecule has 0 radical (unpaired) electrons. The van der Waals surface area contributed by atoms with Gasteiger partial charge in [0.25, 0.3) is 0 Å². The molecule has 0 bridgehead atoms. The molecule has 5 nitrogen and oxygen atoms in total. The lowest BCUT2D eigenvalue weighted by Gasteiger charge is -2.34. The van der Waals surface area contributed by atoms with E-state index in [-0.39, 0.29) is 17.2 Å². The van der Waals surface area contributed by atoms with Crippen molar-refractivity contribution in [3.8, 4) is 0 Å². The van der Waals surface area contributed by atoms with Crippen LogP contribution in [0.5, 0.6) is 0 Å². The van der Waals surface area contributed by atoms with Crippen LogP contribution in [0.4, 0.5) is 0 Å². The monoisotopic (exact) mass is 420 g/mol. The lowest BCUT2D eigenvalue weighted by molar-refractivity contribution is -0.805. The molecule has 1 aliphatic heterocycles. The quantitative estimate of drug-likeness (QED) is 0.142. The highest BCUT2D eigenvalue weighted by Gasteiger charge is 2.40. The summed E-state index contributed by atoms with van der Waals surface area (Å²) in [6, 6.07) is 0. The minimum absolute atomic E-state index is 0.0296. The molecule has 0 saturated heterocycles. The van der Waals surface area contributed by atoms with E-state index < -0.39 is 5.97 Å². The summed E-state index contributed by atoms with van der Waals surface area (Å²) in [4.78, 5) is 15.7. The van der Waals surface area contributed by atoms with Crippen LogP contribution in [0.25, 0.3) is 0 Å². The summed E-state index contributed by atoms with van der Waals surface area (Å²) in [6.45, 7) is 4.10. The van der Waals surface area contributed by atoms with Crippen LogP contribution in [-0.4, -0.2) is 34.1 Å². The number of hydrogen-bond donors (Lipinski definition) is 2. The number of allylic oxidation sites excluding steroid dienone is 2. The lowest BCUT2D eigenvalue weighted by Crippen LogP contribution is -2.59. The summed E-state index contributed by atoms with van der Waals surface area (Å²) in [5, 5.41) is 9.25. The number of quaternary nitrogens is 1. The van der Waals surface area contributed by atoms with Gasteiger partial charge in [0.05, 0.1) is 6.20 Å². The van der Waals surface area contributed by atoms with Crippen LogP contribution in [0.1, 0.15) is 110 Å². The van der Waals surface area contributed by atoms with Crippen LogP contribution in [-0.2, 0) is 4.79 Å². The predicted octanol–water partition coefficient (Wildman–Crippen LogP) is 6.50. The third-order valence-electron chi connectivity index (χ3n) is 6.07. The molecule has 0 aliphatic carbocycles. The molecule has 0 aromatic rings. The number of rotatable bonds is 19. The minimum atomic E-state index is -0.841. The molecule has 0 amide bonds. The molecular weight excluding hydrogens is 374 g/mol. The molecule has 0 aromatic carbocycles. The SMILES string of the molecule is CCCCCCCCC/C=C/CCCCCCCC1=NC=C[N+]1(CC(=O)O)C(C)N. The van der Waals surface area contributed by atoms with Gasteiger partial charge >= 0.3 is 5.97 Å². The average molecular weight is 421 g/mol. The molecule has 1 aliphatic rings. The molecule has 1 heterocycles. The van der Waals surface area contributed by atoms with E-state index in [1.54, 1.807) is 6.20 Å². The summed E-state index contributed by atoms with van der Waals surface area (Å²) in [7, 11) is 0. The Morgan fingerprint density at radius 3 is 2.07 bits per heavy atom. The number of carboxylic acids is 1. The van der Waals surface area contributed by atoms with Gasteiger partial charge in [0.2, 0.25) is 5.84 Å². The van der Waals surface area contributed by atoms with Gasteiger partial charge in [-0.25, -0.2) is 14.3 Å². The molecule has 30 heavy (non-hydrogen) atoms. The van der Waals surface area contributed by atoms with Gasteiger partial charge < -0.3 is 5.11 Å². The Morgan fingerprint density at radius 1 is 1.00 bits per heavy atom. The second-order valence-electron chi connectivity index (χ2n) is 8.75. The van der Waals surface area contributed by atoms with E-state index in [1.165, 1.54) is 77.0 Å². The molecule has 2 atom stereocenters. The fourth-order valence-electron chi connectivity index (χ4n) is 4.12. The highest BCUT2D eigenvalue weighted by Crippen LogP contribution is 2.23. The largest absolute Gasteiger partial charge is 0.477 e. The summed E-state index contributed by atoms with van der Waals surface area (Å²) < 4.78 is 0.166. The van der Waals surface area contributed by atoms with Gasteiger partial charge in [0.15, 0.2) is 6.54 Å². The van der Waals surface area contributed by atoms with Gasteiger partial charge in [-0.05, 0) is 32.1 Å². The standard InChI is InChI=1S/C25H45N3O2/c1-3-4-5-6-7-8-9-10-11-12-13-14-15-16-17-18-19-24-27-20-21-28(24,23(2)26)22-25(29)30/h11-12,20-21,23H,3-10,13-19,22,26H2,1-2H3/p+1/b12-11+. The maximum absolute atomic E-state index is 11.3. The first-order valence-corrected chi connectivity index (χ1v) is 12.3. The Hall–Kier alpha value is -1.46. The Bertz CT molecular complexity index is 555. The number of aliphatic imine (C=N–C) groups is 1. The average Bonchev–Trinajstić information content (AvgIpc) is 3.10. The van der Waals surface area contributed by atoms with E-state index in [1.807, 2.05) is 13.1 Å². The van der Waals surface area contributed by atoms with Gasteiger partial charge in [0.1, 0.15) is 12.4 Å². The number of nitrogens with two attached hydrogens (primary N) is 1. The van der Waals surface area contributed by atoms with Crippen LogP contribution < -0.4 is 5.73 Å². The van der Waals surface area contributed by atoms with Crippen molar-refractivity contribution in [2.45, 2.75) is 116 Å². The molecular formula is C25H46N3O2+. The summed E-state index contributed by atoms with van der Waals surface area (Å²) >= 11 is 0. The third kappa shape index (κ3) is 10.5. The lowest BCUT2D eigenvalue weighted by atomic mass is 10.1. The number of carboxylic acid groups (broad SMARTS) is 1. The van der Waals surface area contributed by atoms with E-state index >= 15 is 0 Å². The summed E-state index contributed by atoms with van der Waals surface area (Å²) in [6.07, 6.45) is 26.8. The molecule has 3 N–H and O–H groups in total. The summed E-state index contributed by atoms with van der Waals surface area (Å²) in [5.74, 6) is 0.0484. The van der Waals surface area contributed by atoms with Crippen LogP contribution in [0, 0.1) is 0 Å². The number of carbonyl (C=O) groups is 1. The Labute approximate surface area is 184 Å². The van der Waals surface area contributed by atoms with Crippen molar-refractivity contribution in [1.29, 1.82) is 0 Å². The zero-order chi connectivity index (χ0) is 22.1. The van der Waals surface area contributed by atoms with Crippen molar-refractivity contribution >= 4 is 11.8 Å². The van der Waals surface area contributed by atoms with E-state index in [2.05, 4.69) is 24.1 Å². The van der Waals surface area contributed by atoms with Crippen LogP contribution in [0.15, 0.2) is 29.5 Å². The van der Waals surface area contributed by atoms with E-state index in [4.69, 9.17) is 5.73 Å². The third-order valence-corrected chi connectivity index (χ3v) is 6.07. The molecule has 0 saturated carbocycles. The highest BCUT2D eigenvalue weighted by molar-refractivity contribution is 5.81. The maximum atomic E-state index is 11.3. The van der Waals surface area contributed by atoms with Crippen molar-refractivity contribution in [1.82, 2.24) is 0 Å². The molecule has 0 aromatic heterocycles. The Kier molecular flexibility index (Phi) is 14.4.